The average Bonchev–Trinajstić information content (AvgIpc) is 2.11. The lowest BCUT2D eigenvalue weighted by Gasteiger charge is -1.95. The smallest absolute Gasteiger partial charge is 0.335 e. The Labute approximate surface area is 81.2 Å². The maximum atomic E-state index is 10.6. The Morgan fingerprint density at radius 1 is 1.00 bits per heavy atom. The summed E-state index contributed by atoms with van der Waals surface area (Å²) in [6, 6.07) is 0. The standard InChI is InChI=1S/C10H10O4/c1-3-5-8(10(13)14)6-7(4-2)9(11)12/h3-6H,1-2H2,(H,11,12)(H,13,14)/b7-6+,8-5+. The molecule has 0 saturated heterocycles. The Morgan fingerprint density at radius 3 is 1.79 bits per heavy atom. The van der Waals surface area contributed by atoms with Crippen LogP contribution in [0, 0.1) is 0 Å². The van der Waals surface area contributed by atoms with Crippen molar-refractivity contribution >= 4 is 11.9 Å². The summed E-state index contributed by atoms with van der Waals surface area (Å²) in [5, 5.41) is 17.2. The molecule has 0 aliphatic heterocycles. The summed E-state index contributed by atoms with van der Waals surface area (Å²) in [6.45, 7) is 6.58. The number of carboxylic acids is 2. The molecule has 0 aromatic heterocycles. The molecule has 0 rings (SSSR count). The number of hydrogen-bond acceptors (Lipinski definition) is 2. The van der Waals surface area contributed by atoms with Crippen LogP contribution < -0.4 is 0 Å². The number of carbonyl (C=O) groups is 2. The van der Waals surface area contributed by atoms with E-state index in [2.05, 4.69) is 13.2 Å². The minimum absolute atomic E-state index is 0.155. The zero-order chi connectivity index (χ0) is 11.1. The summed E-state index contributed by atoms with van der Waals surface area (Å²) >= 11 is 0. The van der Waals surface area contributed by atoms with Gasteiger partial charge in [-0.15, -0.1) is 0 Å². The van der Waals surface area contributed by atoms with Crippen molar-refractivity contribution in [3.05, 3.63) is 48.6 Å². The summed E-state index contributed by atoms with van der Waals surface area (Å²) in [5.41, 5.74) is -0.335. The van der Waals surface area contributed by atoms with Crippen LogP contribution in [0.1, 0.15) is 0 Å². The molecular formula is C10H10O4. The van der Waals surface area contributed by atoms with E-state index in [0.29, 0.717) is 0 Å². The lowest BCUT2D eigenvalue weighted by atomic mass is 10.1. The molecule has 0 atom stereocenters. The molecule has 4 heteroatoms. The van der Waals surface area contributed by atoms with Gasteiger partial charge >= 0.3 is 11.9 Å². The molecule has 2 N–H and O–H groups in total. The number of allylic oxidation sites excluding steroid dienone is 2. The first-order valence-corrected chi connectivity index (χ1v) is 3.66. The third-order valence-electron chi connectivity index (χ3n) is 1.32. The average molecular weight is 194 g/mol. The van der Waals surface area contributed by atoms with Crippen LogP contribution in [0.3, 0.4) is 0 Å². The van der Waals surface area contributed by atoms with Crippen LogP contribution in [0.15, 0.2) is 48.6 Å². The van der Waals surface area contributed by atoms with Gasteiger partial charge in [0.25, 0.3) is 0 Å². The van der Waals surface area contributed by atoms with Crippen LogP contribution in [0.25, 0.3) is 0 Å². The van der Waals surface area contributed by atoms with E-state index in [1.807, 2.05) is 0 Å². The minimum atomic E-state index is -1.23. The Hall–Kier alpha value is -2.10. The van der Waals surface area contributed by atoms with Crippen molar-refractivity contribution in [3.63, 3.8) is 0 Å². The van der Waals surface area contributed by atoms with E-state index < -0.39 is 11.9 Å². The van der Waals surface area contributed by atoms with Gasteiger partial charge in [-0.1, -0.05) is 25.3 Å². The number of aliphatic carboxylic acids is 2. The summed E-state index contributed by atoms with van der Waals surface area (Å²) in [6.07, 6.45) is 4.55. The van der Waals surface area contributed by atoms with Crippen molar-refractivity contribution in [1.29, 1.82) is 0 Å². The topological polar surface area (TPSA) is 74.6 Å². The lowest BCUT2D eigenvalue weighted by Crippen LogP contribution is -2.02. The fourth-order valence-electron chi connectivity index (χ4n) is 0.684. The highest BCUT2D eigenvalue weighted by Crippen LogP contribution is 2.05. The van der Waals surface area contributed by atoms with Gasteiger partial charge in [0.15, 0.2) is 0 Å². The van der Waals surface area contributed by atoms with Crippen LogP contribution in [-0.2, 0) is 9.59 Å². The second-order valence-corrected chi connectivity index (χ2v) is 2.27. The molecule has 74 valence electrons. The molecule has 0 aromatic carbocycles. The maximum Gasteiger partial charge on any atom is 0.335 e. The molecule has 0 fully saturated rings. The van der Waals surface area contributed by atoms with Gasteiger partial charge in [0, 0.05) is 0 Å². The van der Waals surface area contributed by atoms with Gasteiger partial charge in [0.1, 0.15) is 0 Å². The second-order valence-electron chi connectivity index (χ2n) is 2.27. The fraction of sp³-hybridized carbons (Fsp3) is 0. The van der Waals surface area contributed by atoms with Crippen LogP contribution in [0.2, 0.25) is 0 Å². The van der Waals surface area contributed by atoms with Gasteiger partial charge in [0.05, 0.1) is 11.1 Å². The number of rotatable bonds is 5. The van der Waals surface area contributed by atoms with E-state index in [4.69, 9.17) is 10.2 Å². The first kappa shape index (κ1) is 11.9. The zero-order valence-corrected chi connectivity index (χ0v) is 7.43. The molecule has 0 aliphatic rings. The summed E-state index contributed by atoms with van der Waals surface area (Å²) in [4.78, 5) is 21.1. The molecule has 0 spiro atoms. The van der Waals surface area contributed by atoms with Crippen LogP contribution in [0.4, 0.5) is 0 Å². The molecule has 0 heterocycles. The Balaban J connectivity index is 5.16. The van der Waals surface area contributed by atoms with E-state index in [1.54, 1.807) is 0 Å². The second kappa shape index (κ2) is 5.53. The molecule has 14 heavy (non-hydrogen) atoms. The predicted octanol–water partition coefficient (Wildman–Crippen LogP) is 1.38. The Bertz CT molecular complexity index is 334. The third-order valence-corrected chi connectivity index (χ3v) is 1.32. The molecule has 0 amide bonds. The van der Waals surface area contributed by atoms with Gasteiger partial charge in [-0.05, 0) is 12.2 Å². The van der Waals surface area contributed by atoms with Crippen molar-refractivity contribution in [2.24, 2.45) is 0 Å². The van der Waals surface area contributed by atoms with Gasteiger partial charge in [0.2, 0.25) is 0 Å². The molecule has 0 saturated carbocycles. The molecule has 0 aliphatic carbocycles. The minimum Gasteiger partial charge on any atom is -0.478 e. The van der Waals surface area contributed by atoms with E-state index in [0.717, 1.165) is 12.2 Å². The van der Waals surface area contributed by atoms with Gasteiger partial charge in [-0.2, -0.15) is 0 Å². The zero-order valence-electron chi connectivity index (χ0n) is 7.43. The van der Waals surface area contributed by atoms with E-state index in [9.17, 15) is 9.59 Å². The number of carboxylic acid groups (broad SMARTS) is 2. The molecule has 0 radical (unpaired) electrons. The van der Waals surface area contributed by atoms with Crippen molar-refractivity contribution in [2.45, 2.75) is 0 Å². The largest absolute Gasteiger partial charge is 0.478 e. The highest BCUT2D eigenvalue weighted by Gasteiger charge is 2.07. The quantitative estimate of drug-likeness (QED) is 0.512. The van der Waals surface area contributed by atoms with E-state index in [1.165, 1.54) is 12.2 Å². The predicted molar refractivity (Wildman–Crippen MR) is 51.8 cm³/mol. The first-order chi connectivity index (χ1) is 6.52. The molecule has 0 unspecified atom stereocenters. The van der Waals surface area contributed by atoms with Crippen molar-refractivity contribution < 1.29 is 19.8 Å². The summed E-state index contributed by atoms with van der Waals surface area (Å²) in [7, 11) is 0. The van der Waals surface area contributed by atoms with E-state index in [-0.39, 0.29) is 11.1 Å². The third kappa shape index (κ3) is 3.53. The molecular weight excluding hydrogens is 184 g/mol. The SMILES string of the molecule is C=C/C=C(\C=C(/C=C)C(=O)O)C(=O)O. The number of hydrogen-bond donors (Lipinski definition) is 2. The van der Waals surface area contributed by atoms with Gasteiger partial charge in [-0.3, -0.25) is 0 Å². The maximum absolute atomic E-state index is 10.6. The van der Waals surface area contributed by atoms with Crippen molar-refractivity contribution in [3.8, 4) is 0 Å². The lowest BCUT2D eigenvalue weighted by molar-refractivity contribution is -0.132. The fourth-order valence-corrected chi connectivity index (χ4v) is 0.684. The Kier molecular flexibility index (Phi) is 4.70. The highest BCUT2D eigenvalue weighted by molar-refractivity contribution is 5.96. The normalized spacial score (nSPS) is 12.0. The molecule has 0 aromatic rings. The van der Waals surface area contributed by atoms with Crippen LogP contribution >= 0.6 is 0 Å². The van der Waals surface area contributed by atoms with Gasteiger partial charge < -0.3 is 10.2 Å². The van der Waals surface area contributed by atoms with Crippen LogP contribution in [-0.4, -0.2) is 22.2 Å². The van der Waals surface area contributed by atoms with Crippen molar-refractivity contribution in [1.82, 2.24) is 0 Å². The summed E-state index contributed by atoms with van der Waals surface area (Å²) in [5.74, 6) is -2.44. The van der Waals surface area contributed by atoms with E-state index >= 15 is 0 Å². The molecule has 0 bridgehead atoms. The summed E-state index contributed by atoms with van der Waals surface area (Å²) < 4.78 is 0. The monoisotopic (exact) mass is 194 g/mol. The Morgan fingerprint density at radius 2 is 1.50 bits per heavy atom. The van der Waals surface area contributed by atoms with Crippen LogP contribution in [0.5, 0.6) is 0 Å². The first-order valence-electron chi connectivity index (χ1n) is 3.66. The highest BCUT2D eigenvalue weighted by atomic mass is 16.4. The van der Waals surface area contributed by atoms with Gasteiger partial charge in [-0.25, -0.2) is 9.59 Å². The van der Waals surface area contributed by atoms with Crippen molar-refractivity contribution in [2.75, 3.05) is 0 Å². The molecule has 4 nitrogen and oxygen atoms in total.